The number of rotatable bonds is 2. The van der Waals surface area contributed by atoms with Crippen molar-refractivity contribution in [3.8, 4) is 0 Å². The normalized spacial score (nSPS) is 16.8. The Kier molecular flexibility index (Phi) is 2.59. The molecular formula is C10H12ClN3. The second-order valence-corrected chi connectivity index (χ2v) is 3.66. The molecule has 1 aromatic rings. The Balaban J connectivity index is 2.05. The van der Waals surface area contributed by atoms with Gasteiger partial charge in [0.05, 0.1) is 0 Å². The van der Waals surface area contributed by atoms with Crippen molar-refractivity contribution in [2.45, 2.75) is 18.8 Å². The summed E-state index contributed by atoms with van der Waals surface area (Å²) in [6.45, 7) is 0. The lowest BCUT2D eigenvalue weighted by molar-refractivity contribution is 1.13. The Morgan fingerprint density at radius 2 is 2.00 bits per heavy atom. The number of nitrogens with one attached hydrogen (secondary N) is 1. The number of hydrogen-bond donors (Lipinski definition) is 2. The number of nitrogens with zero attached hydrogens (tertiary/aromatic N) is 1. The maximum absolute atomic E-state index is 5.42. The minimum Gasteiger partial charge on any atom is -0.369 e. The van der Waals surface area contributed by atoms with Crippen molar-refractivity contribution in [1.29, 1.82) is 0 Å². The summed E-state index contributed by atoms with van der Waals surface area (Å²) in [5.74, 6) is 0.994. The van der Waals surface area contributed by atoms with Gasteiger partial charge in [0.1, 0.15) is 0 Å². The van der Waals surface area contributed by atoms with Crippen molar-refractivity contribution in [2.75, 3.05) is 5.32 Å². The van der Waals surface area contributed by atoms with Crippen molar-refractivity contribution < 1.29 is 0 Å². The van der Waals surface area contributed by atoms with Crippen molar-refractivity contribution in [3.63, 3.8) is 0 Å². The molecule has 3 nitrogen and oxygen atoms in total. The third kappa shape index (κ3) is 2.17. The average Bonchev–Trinajstić information content (AvgIpc) is 3.02. The molecule has 0 aliphatic heterocycles. The fourth-order valence-corrected chi connectivity index (χ4v) is 1.47. The molecule has 0 saturated heterocycles. The van der Waals surface area contributed by atoms with Gasteiger partial charge in [-0.2, -0.15) is 0 Å². The maximum Gasteiger partial charge on any atom is 0.210 e. The summed E-state index contributed by atoms with van der Waals surface area (Å²) >= 11 is 5.19. The lowest BCUT2D eigenvalue weighted by Gasteiger charge is -2.04. The van der Waals surface area contributed by atoms with Crippen LogP contribution in [-0.2, 0) is 0 Å². The van der Waals surface area contributed by atoms with Gasteiger partial charge in [-0.05, 0) is 36.5 Å². The van der Waals surface area contributed by atoms with Crippen molar-refractivity contribution in [3.05, 3.63) is 29.8 Å². The van der Waals surface area contributed by atoms with Gasteiger partial charge in [0.25, 0.3) is 0 Å². The van der Waals surface area contributed by atoms with E-state index in [1.807, 2.05) is 12.1 Å². The zero-order chi connectivity index (χ0) is 9.97. The summed E-state index contributed by atoms with van der Waals surface area (Å²) in [5, 5.41) is 2.87. The van der Waals surface area contributed by atoms with E-state index in [0.29, 0.717) is 0 Å². The monoisotopic (exact) mass is 209 g/mol. The molecule has 1 aliphatic carbocycles. The molecule has 0 heterocycles. The first-order chi connectivity index (χ1) is 6.79. The Labute approximate surface area is 88.1 Å². The second-order valence-electron chi connectivity index (χ2n) is 3.49. The van der Waals surface area contributed by atoms with E-state index in [1.165, 1.54) is 18.4 Å². The third-order valence-corrected chi connectivity index (χ3v) is 2.51. The Morgan fingerprint density at radius 1 is 1.36 bits per heavy atom. The fourth-order valence-electron chi connectivity index (χ4n) is 1.42. The summed E-state index contributed by atoms with van der Waals surface area (Å²) in [6, 6.07) is 8.20. The van der Waals surface area contributed by atoms with Gasteiger partial charge >= 0.3 is 0 Å². The average molecular weight is 210 g/mol. The minimum absolute atomic E-state index is 0.214. The van der Waals surface area contributed by atoms with E-state index >= 15 is 0 Å². The van der Waals surface area contributed by atoms with Gasteiger partial charge in [0.2, 0.25) is 5.96 Å². The Bertz CT molecular complexity index is 341. The summed E-state index contributed by atoms with van der Waals surface area (Å²) in [4.78, 5) is 0. The molecule has 14 heavy (non-hydrogen) atoms. The summed E-state index contributed by atoms with van der Waals surface area (Å²) in [6.07, 6.45) is 2.64. The highest BCUT2D eigenvalue weighted by Gasteiger charge is 2.22. The molecule has 1 fully saturated rings. The molecule has 74 valence electrons. The molecular weight excluding hydrogens is 198 g/mol. The Morgan fingerprint density at radius 3 is 2.50 bits per heavy atom. The second kappa shape index (κ2) is 3.88. The van der Waals surface area contributed by atoms with E-state index < -0.39 is 0 Å². The molecule has 1 saturated carbocycles. The van der Waals surface area contributed by atoms with Crippen molar-refractivity contribution in [2.24, 2.45) is 10.2 Å². The highest BCUT2D eigenvalue weighted by molar-refractivity contribution is 6.20. The van der Waals surface area contributed by atoms with E-state index in [-0.39, 0.29) is 5.96 Å². The summed E-state index contributed by atoms with van der Waals surface area (Å²) in [5.41, 5.74) is 7.74. The van der Waals surface area contributed by atoms with Gasteiger partial charge in [0, 0.05) is 17.5 Å². The molecule has 2 rings (SSSR count). The van der Waals surface area contributed by atoms with Gasteiger partial charge < -0.3 is 11.1 Å². The van der Waals surface area contributed by atoms with Crippen molar-refractivity contribution in [1.82, 2.24) is 0 Å². The molecule has 0 unspecified atom stereocenters. The first-order valence-corrected chi connectivity index (χ1v) is 4.95. The van der Waals surface area contributed by atoms with Gasteiger partial charge in [-0.25, -0.2) is 0 Å². The van der Waals surface area contributed by atoms with Crippen LogP contribution in [0.3, 0.4) is 0 Å². The van der Waals surface area contributed by atoms with Gasteiger partial charge in [0.15, 0.2) is 0 Å². The molecule has 1 aromatic carbocycles. The lowest BCUT2D eigenvalue weighted by atomic mass is 10.1. The van der Waals surface area contributed by atoms with E-state index in [4.69, 9.17) is 17.5 Å². The number of halogens is 1. The highest BCUT2D eigenvalue weighted by Crippen LogP contribution is 2.40. The number of guanidine groups is 1. The van der Waals surface area contributed by atoms with Gasteiger partial charge in [-0.3, -0.25) is 0 Å². The number of anilines is 1. The predicted molar refractivity (Wildman–Crippen MR) is 59.5 cm³/mol. The number of benzene rings is 1. The molecule has 0 bridgehead atoms. The van der Waals surface area contributed by atoms with E-state index in [9.17, 15) is 0 Å². The summed E-state index contributed by atoms with van der Waals surface area (Å²) < 4.78 is 3.31. The molecule has 0 amide bonds. The molecule has 3 N–H and O–H groups in total. The first-order valence-electron chi connectivity index (χ1n) is 4.61. The third-order valence-electron chi connectivity index (χ3n) is 2.32. The summed E-state index contributed by atoms with van der Waals surface area (Å²) in [7, 11) is 0. The molecule has 0 radical (unpaired) electrons. The van der Waals surface area contributed by atoms with Crippen LogP contribution in [-0.4, -0.2) is 5.96 Å². The fraction of sp³-hybridized carbons (Fsp3) is 0.300. The topological polar surface area (TPSA) is 50.4 Å². The van der Waals surface area contributed by atoms with Gasteiger partial charge in [-0.1, -0.05) is 12.1 Å². The van der Waals surface area contributed by atoms with E-state index in [2.05, 4.69) is 22.0 Å². The van der Waals surface area contributed by atoms with E-state index in [0.717, 1.165) is 11.6 Å². The smallest absolute Gasteiger partial charge is 0.210 e. The van der Waals surface area contributed by atoms with Crippen LogP contribution in [0.1, 0.15) is 24.3 Å². The van der Waals surface area contributed by atoms with Crippen LogP contribution < -0.4 is 11.1 Å². The Hall–Kier alpha value is -1.22. The largest absolute Gasteiger partial charge is 0.369 e. The molecule has 4 heteroatoms. The number of nitrogens with two attached hydrogens (primary N) is 1. The molecule has 1 aliphatic rings. The number of hydrogen-bond acceptors (Lipinski definition) is 1. The SMILES string of the molecule is NC(=NCl)Nc1ccc(C2CC2)cc1. The van der Waals surface area contributed by atoms with Crippen LogP contribution in [0.2, 0.25) is 0 Å². The predicted octanol–water partition coefficient (Wildman–Crippen LogP) is 2.44. The van der Waals surface area contributed by atoms with Crippen LogP contribution in [0, 0.1) is 0 Å². The van der Waals surface area contributed by atoms with Crippen LogP contribution in [0.5, 0.6) is 0 Å². The minimum atomic E-state index is 0.214. The molecule has 0 spiro atoms. The van der Waals surface area contributed by atoms with Gasteiger partial charge in [-0.15, -0.1) is 4.51 Å². The lowest BCUT2D eigenvalue weighted by Crippen LogP contribution is -2.21. The van der Waals surface area contributed by atoms with Crippen LogP contribution in [0.15, 0.2) is 28.8 Å². The van der Waals surface area contributed by atoms with Crippen LogP contribution in [0.4, 0.5) is 5.69 Å². The molecule has 0 atom stereocenters. The zero-order valence-electron chi connectivity index (χ0n) is 7.70. The van der Waals surface area contributed by atoms with Crippen LogP contribution in [0.25, 0.3) is 0 Å². The zero-order valence-corrected chi connectivity index (χ0v) is 8.46. The quantitative estimate of drug-likeness (QED) is 0.581. The molecule has 0 aromatic heterocycles. The standard InChI is InChI=1S/C10H12ClN3/c11-14-10(12)13-9-5-3-8(4-6-9)7-1-2-7/h3-7H,1-2H2,(H3,12,13,14). The van der Waals surface area contributed by atoms with Crippen molar-refractivity contribution >= 4 is 23.4 Å². The van der Waals surface area contributed by atoms with E-state index in [1.54, 1.807) is 0 Å². The first kappa shape index (κ1) is 9.34. The van der Waals surface area contributed by atoms with Crippen LogP contribution >= 0.6 is 11.8 Å². The maximum atomic E-state index is 5.42. The highest BCUT2D eigenvalue weighted by atomic mass is 35.5.